The van der Waals surface area contributed by atoms with Crippen LogP contribution in [0.5, 0.6) is 0 Å². The van der Waals surface area contributed by atoms with Crippen molar-refractivity contribution in [1.82, 2.24) is 24.5 Å². The maximum atomic E-state index is 6.04. The third-order valence-electron chi connectivity index (χ3n) is 7.99. The Kier molecular flexibility index (Phi) is 14.3. The van der Waals surface area contributed by atoms with Crippen molar-refractivity contribution in [2.75, 3.05) is 0 Å². The SMILES string of the molecule is [B]/C=C(/C=C\C=C/C)c1nc(/C(C=C)=C/C=C)nc(-c2ccc3sc(C(=C/C)/C=C(\C=BC)n4c(C)c(/C=C\C=C)c(/C=C\C)c4C=C)nc3c2)n1. The van der Waals surface area contributed by atoms with E-state index < -0.39 is 0 Å². The van der Waals surface area contributed by atoms with Gasteiger partial charge in [0.15, 0.2) is 0 Å². The van der Waals surface area contributed by atoms with E-state index in [4.69, 9.17) is 27.8 Å². The van der Waals surface area contributed by atoms with Gasteiger partial charge in [-0.05, 0) is 6.92 Å². The van der Waals surface area contributed by atoms with Crippen molar-refractivity contribution in [3.05, 3.63) is 163 Å². The van der Waals surface area contributed by atoms with Crippen molar-refractivity contribution in [2.24, 2.45) is 0 Å². The van der Waals surface area contributed by atoms with Crippen LogP contribution in [0, 0.1) is 6.92 Å². The quantitative estimate of drug-likeness (QED) is 0.0918. The molecule has 0 saturated carbocycles. The van der Waals surface area contributed by atoms with Gasteiger partial charge in [-0.2, -0.15) is 0 Å². The first-order valence-electron chi connectivity index (χ1n) is 17.0. The van der Waals surface area contributed by atoms with Gasteiger partial charge in [0.1, 0.15) is 7.85 Å². The average Bonchev–Trinajstić information content (AvgIpc) is 3.70. The van der Waals surface area contributed by atoms with E-state index in [1.54, 1.807) is 29.6 Å². The maximum absolute atomic E-state index is 6.04. The Morgan fingerprint density at radius 3 is 2.25 bits per heavy atom. The number of aromatic nitrogens is 5. The number of benzene rings is 1. The Morgan fingerprint density at radius 1 is 0.865 bits per heavy atom. The zero-order valence-electron chi connectivity index (χ0n) is 30.7. The summed E-state index contributed by atoms with van der Waals surface area (Å²) in [5, 5.41) is 0.893. The van der Waals surface area contributed by atoms with E-state index in [1.165, 1.54) is 5.98 Å². The summed E-state index contributed by atoms with van der Waals surface area (Å²) in [5.74, 6) is 5.00. The third kappa shape index (κ3) is 8.76. The van der Waals surface area contributed by atoms with Gasteiger partial charge >= 0.3 is 223 Å². The topological polar surface area (TPSA) is 56.5 Å². The van der Waals surface area contributed by atoms with E-state index in [2.05, 4.69) is 74.1 Å². The van der Waals surface area contributed by atoms with Crippen LogP contribution in [-0.2, 0) is 0 Å². The van der Waals surface area contributed by atoms with Gasteiger partial charge in [0.05, 0.1) is 0 Å². The molecule has 0 spiro atoms. The fourth-order valence-corrected chi connectivity index (χ4v) is 6.57. The van der Waals surface area contributed by atoms with Gasteiger partial charge in [-0.25, -0.2) is 4.98 Å². The van der Waals surface area contributed by atoms with Crippen LogP contribution in [0.2, 0.25) is 6.82 Å². The number of hydrogen-bond donors (Lipinski definition) is 0. The van der Waals surface area contributed by atoms with Crippen molar-refractivity contribution in [1.29, 1.82) is 0 Å². The molecule has 4 aromatic rings. The predicted octanol–water partition coefficient (Wildman–Crippen LogP) is 11.0. The fraction of sp³-hybridized carbons (Fsp3) is 0.114. The average molecular weight is 696 g/mol. The molecule has 5 nitrogen and oxygen atoms in total. The summed E-state index contributed by atoms with van der Waals surface area (Å²) >= 11 is 1.63. The molecule has 52 heavy (non-hydrogen) atoms. The molecule has 0 N–H and O–H groups in total. The Hall–Kier alpha value is -5.72. The number of allylic oxidation sites excluding steroid dienone is 16. The van der Waals surface area contributed by atoms with E-state index in [1.807, 2.05) is 95.3 Å². The molecule has 0 fully saturated rings. The molecule has 2 radical (unpaired) electrons. The first-order chi connectivity index (χ1) is 25.3. The molecule has 0 aliphatic rings. The number of hydrogen-bond acceptors (Lipinski definition) is 5. The van der Waals surface area contributed by atoms with Crippen LogP contribution in [-0.4, -0.2) is 45.2 Å². The third-order valence-corrected chi connectivity index (χ3v) is 9.07. The van der Waals surface area contributed by atoms with E-state index >= 15 is 0 Å². The van der Waals surface area contributed by atoms with E-state index in [0.29, 0.717) is 28.6 Å². The van der Waals surface area contributed by atoms with Crippen LogP contribution < -0.4 is 0 Å². The van der Waals surface area contributed by atoms with Crippen molar-refractivity contribution >= 4 is 82.9 Å². The molecular weight excluding hydrogens is 652 g/mol. The molecule has 0 aliphatic carbocycles. The minimum atomic E-state index is 0.442. The molecule has 1 aromatic carbocycles. The first kappa shape index (κ1) is 39.1. The molecule has 0 saturated heterocycles. The molecule has 0 atom stereocenters. The van der Waals surface area contributed by atoms with Crippen LogP contribution in [0.1, 0.15) is 59.9 Å². The molecule has 3 aromatic heterocycles. The monoisotopic (exact) mass is 695 g/mol. The number of fused-ring (bicyclic) bond motifs is 1. The summed E-state index contributed by atoms with van der Waals surface area (Å²) in [6, 6.07) is 6.09. The Morgan fingerprint density at radius 2 is 1.63 bits per heavy atom. The van der Waals surface area contributed by atoms with Gasteiger partial charge in [0, 0.05) is 11.1 Å². The zero-order chi connectivity index (χ0) is 37.6. The van der Waals surface area contributed by atoms with Crippen molar-refractivity contribution < 1.29 is 0 Å². The molecule has 0 amide bonds. The van der Waals surface area contributed by atoms with Gasteiger partial charge in [-0.1, -0.05) is 55.7 Å². The number of thiazole rings is 1. The molecular formula is C44H43B2N5S. The van der Waals surface area contributed by atoms with E-state index in [0.717, 1.165) is 54.6 Å². The van der Waals surface area contributed by atoms with Crippen LogP contribution in [0.4, 0.5) is 0 Å². The second kappa shape index (κ2) is 19.0. The predicted molar refractivity (Wildman–Crippen MR) is 233 cm³/mol. The Bertz CT molecular complexity index is 2280. The number of rotatable bonds is 15. The van der Waals surface area contributed by atoms with Crippen LogP contribution in [0.25, 0.3) is 62.2 Å². The van der Waals surface area contributed by atoms with Gasteiger partial charge in [-0.15, -0.1) is 5.98 Å². The molecule has 0 aliphatic heterocycles. The summed E-state index contributed by atoms with van der Waals surface area (Å²) in [6.07, 6.45) is 29.0. The van der Waals surface area contributed by atoms with Gasteiger partial charge in [0.2, 0.25) is 0 Å². The van der Waals surface area contributed by atoms with Crippen molar-refractivity contribution in [3.63, 3.8) is 0 Å². The molecule has 4 rings (SSSR count). The van der Waals surface area contributed by atoms with Gasteiger partial charge in [0.25, 0.3) is 0 Å². The van der Waals surface area contributed by atoms with Crippen LogP contribution in [0.3, 0.4) is 0 Å². The standard InChI is InChI=1S/C44H43B2N5S/c1-10-17-19-22-34(28-45)43-49-41(31(14-5)20-12-3)48-42(50-43)33-24-25-40-38(27-33)47-44(52-40)32(15-6)26-35(29-46-9)51-30(8)36(23-18-11-2)37(21-13-4)39(51)16-7/h10-29H,2-3,5,7H2,1,4,6,8-9H3/b17-10-,21-13-,22-19-,23-18-,31-20+,32-15+,34-28-,35-26+. The number of nitrogens with zero attached hydrogens (tertiary/aromatic N) is 5. The summed E-state index contributed by atoms with van der Waals surface area (Å²) < 4.78 is 3.28. The summed E-state index contributed by atoms with van der Waals surface area (Å²) in [7, 11) is 6.04. The molecule has 0 bridgehead atoms. The van der Waals surface area contributed by atoms with Crippen molar-refractivity contribution in [3.8, 4) is 11.4 Å². The molecule has 3 heterocycles. The van der Waals surface area contributed by atoms with Crippen molar-refractivity contribution in [2.45, 2.75) is 34.5 Å². The van der Waals surface area contributed by atoms with Crippen LogP contribution >= 0.6 is 11.3 Å². The summed E-state index contributed by atoms with van der Waals surface area (Å²) in [4.78, 5) is 19.5. The minimum absolute atomic E-state index is 0.442. The van der Waals surface area contributed by atoms with Gasteiger partial charge < -0.3 is 0 Å². The van der Waals surface area contributed by atoms with E-state index in [9.17, 15) is 0 Å². The van der Waals surface area contributed by atoms with Crippen LogP contribution in [0.15, 0.2) is 123 Å². The molecule has 256 valence electrons. The second-order valence-corrected chi connectivity index (χ2v) is 12.4. The second-order valence-electron chi connectivity index (χ2n) is 11.3. The summed E-state index contributed by atoms with van der Waals surface area (Å²) in [6.45, 7) is 28.0. The zero-order valence-corrected chi connectivity index (χ0v) is 31.5. The fourth-order valence-electron chi connectivity index (χ4n) is 5.58. The summed E-state index contributed by atoms with van der Waals surface area (Å²) in [5.41, 5.74) is 9.32. The Balaban J connectivity index is 1.87. The molecule has 0 unspecified atom stereocenters. The molecule has 8 heteroatoms. The first-order valence-corrected chi connectivity index (χ1v) is 17.8. The normalized spacial score (nSPS) is 13.4. The van der Waals surface area contributed by atoms with Gasteiger partial charge in [-0.3, -0.25) is 0 Å². The van der Waals surface area contributed by atoms with E-state index in [-0.39, 0.29) is 0 Å². The Labute approximate surface area is 314 Å².